The minimum Gasteiger partial charge on any atom is -0.487 e. The van der Waals surface area contributed by atoms with Crippen LogP contribution in [0.1, 0.15) is 23.2 Å². The van der Waals surface area contributed by atoms with Gasteiger partial charge in [0.2, 0.25) is 0 Å². The van der Waals surface area contributed by atoms with Crippen molar-refractivity contribution in [1.29, 1.82) is 0 Å². The molecule has 0 spiro atoms. The van der Waals surface area contributed by atoms with E-state index in [9.17, 15) is 18.9 Å². The van der Waals surface area contributed by atoms with Crippen molar-refractivity contribution >= 4 is 5.69 Å². The SMILES string of the molecule is Cc1ncccc1OCc1c(C(F)F)cccc1[N+](=O)[O-]. The molecular formula is C14H12F2N2O3. The average Bonchev–Trinajstić information content (AvgIpc) is 2.45. The summed E-state index contributed by atoms with van der Waals surface area (Å²) in [4.78, 5) is 14.3. The maximum Gasteiger partial charge on any atom is 0.276 e. The molecule has 0 aliphatic heterocycles. The van der Waals surface area contributed by atoms with Crippen molar-refractivity contribution in [3.63, 3.8) is 0 Å². The van der Waals surface area contributed by atoms with Gasteiger partial charge in [0.05, 0.1) is 16.2 Å². The topological polar surface area (TPSA) is 65.3 Å². The second kappa shape index (κ2) is 6.25. The van der Waals surface area contributed by atoms with Crippen LogP contribution in [0.3, 0.4) is 0 Å². The Bertz CT molecular complexity index is 662. The van der Waals surface area contributed by atoms with Crippen LogP contribution >= 0.6 is 0 Å². The Morgan fingerprint density at radius 3 is 2.71 bits per heavy atom. The highest BCUT2D eigenvalue weighted by molar-refractivity contribution is 5.46. The summed E-state index contributed by atoms with van der Waals surface area (Å²) in [5.74, 6) is 0.399. The fraction of sp³-hybridized carbons (Fsp3) is 0.214. The number of hydrogen-bond acceptors (Lipinski definition) is 4. The van der Waals surface area contributed by atoms with Gasteiger partial charge in [-0.3, -0.25) is 15.1 Å². The van der Waals surface area contributed by atoms with Crippen molar-refractivity contribution in [2.75, 3.05) is 0 Å². The Labute approximate surface area is 119 Å². The van der Waals surface area contributed by atoms with Crippen molar-refractivity contribution < 1.29 is 18.4 Å². The highest BCUT2D eigenvalue weighted by atomic mass is 19.3. The van der Waals surface area contributed by atoms with Gasteiger partial charge in [-0.2, -0.15) is 0 Å². The highest BCUT2D eigenvalue weighted by Gasteiger charge is 2.23. The van der Waals surface area contributed by atoms with E-state index >= 15 is 0 Å². The van der Waals surface area contributed by atoms with E-state index in [1.165, 1.54) is 12.1 Å². The number of pyridine rings is 1. The molecule has 2 aromatic rings. The molecule has 0 N–H and O–H groups in total. The Morgan fingerprint density at radius 1 is 1.33 bits per heavy atom. The zero-order valence-corrected chi connectivity index (χ0v) is 11.1. The molecule has 0 aliphatic rings. The number of rotatable bonds is 5. The molecule has 21 heavy (non-hydrogen) atoms. The highest BCUT2D eigenvalue weighted by Crippen LogP contribution is 2.31. The number of ether oxygens (including phenoxy) is 1. The first-order valence-corrected chi connectivity index (χ1v) is 6.09. The number of benzene rings is 1. The predicted molar refractivity (Wildman–Crippen MR) is 71.4 cm³/mol. The van der Waals surface area contributed by atoms with Crippen LogP contribution in [0.4, 0.5) is 14.5 Å². The molecule has 0 bridgehead atoms. The summed E-state index contributed by atoms with van der Waals surface area (Å²) in [5, 5.41) is 11.0. The number of halogens is 2. The first-order chi connectivity index (χ1) is 10.0. The van der Waals surface area contributed by atoms with Gasteiger partial charge in [0, 0.05) is 17.8 Å². The molecule has 0 saturated heterocycles. The van der Waals surface area contributed by atoms with E-state index in [-0.39, 0.29) is 17.9 Å². The lowest BCUT2D eigenvalue weighted by Crippen LogP contribution is -2.06. The normalized spacial score (nSPS) is 10.7. The van der Waals surface area contributed by atoms with Gasteiger partial charge in [0.1, 0.15) is 12.4 Å². The molecule has 1 aromatic carbocycles. The summed E-state index contributed by atoms with van der Waals surface area (Å²) in [6.45, 7) is 1.38. The van der Waals surface area contributed by atoms with Crippen molar-refractivity contribution in [3.05, 3.63) is 63.5 Å². The first-order valence-electron chi connectivity index (χ1n) is 6.09. The molecule has 5 nitrogen and oxygen atoms in total. The number of nitro benzene ring substituents is 1. The lowest BCUT2D eigenvalue weighted by atomic mass is 10.1. The zero-order valence-electron chi connectivity index (χ0n) is 11.1. The molecule has 0 unspecified atom stereocenters. The summed E-state index contributed by atoms with van der Waals surface area (Å²) >= 11 is 0. The van der Waals surface area contributed by atoms with Crippen LogP contribution in [-0.2, 0) is 6.61 Å². The number of aryl methyl sites for hydroxylation is 1. The van der Waals surface area contributed by atoms with Crippen LogP contribution < -0.4 is 4.74 Å². The van der Waals surface area contributed by atoms with E-state index in [0.717, 1.165) is 6.07 Å². The third-order valence-electron chi connectivity index (χ3n) is 2.95. The third-order valence-corrected chi connectivity index (χ3v) is 2.95. The smallest absolute Gasteiger partial charge is 0.276 e. The maximum atomic E-state index is 13.0. The van der Waals surface area contributed by atoms with Crippen LogP contribution in [0.15, 0.2) is 36.5 Å². The molecule has 0 aliphatic carbocycles. The van der Waals surface area contributed by atoms with Gasteiger partial charge in [0.15, 0.2) is 0 Å². The van der Waals surface area contributed by atoms with E-state index in [1.54, 1.807) is 25.3 Å². The summed E-state index contributed by atoms with van der Waals surface area (Å²) in [6.07, 6.45) is -1.24. The third kappa shape index (κ3) is 3.31. The maximum absolute atomic E-state index is 13.0. The molecule has 0 saturated carbocycles. The van der Waals surface area contributed by atoms with Gasteiger partial charge < -0.3 is 4.74 Å². The van der Waals surface area contributed by atoms with Gasteiger partial charge in [0.25, 0.3) is 12.1 Å². The monoisotopic (exact) mass is 294 g/mol. The summed E-state index contributed by atoms with van der Waals surface area (Å²) in [6, 6.07) is 6.83. The molecule has 1 aromatic heterocycles. The van der Waals surface area contributed by atoms with Crippen molar-refractivity contribution in [2.24, 2.45) is 0 Å². The van der Waals surface area contributed by atoms with Crippen LogP contribution in [0.25, 0.3) is 0 Å². The van der Waals surface area contributed by atoms with Gasteiger partial charge in [-0.25, -0.2) is 8.78 Å². The van der Waals surface area contributed by atoms with E-state index in [4.69, 9.17) is 4.74 Å². The Balaban J connectivity index is 2.34. The fourth-order valence-electron chi connectivity index (χ4n) is 1.90. The van der Waals surface area contributed by atoms with Crippen LogP contribution in [0.5, 0.6) is 5.75 Å². The van der Waals surface area contributed by atoms with Gasteiger partial charge in [-0.15, -0.1) is 0 Å². The van der Waals surface area contributed by atoms with Crippen molar-refractivity contribution in [1.82, 2.24) is 4.98 Å². The quantitative estimate of drug-likeness (QED) is 0.621. The van der Waals surface area contributed by atoms with Gasteiger partial charge in [-0.1, -0.05) is 12.1 Å². The van der Waals surface area contributed by atoms with Gasteiger partial charge >= 0.3 is 0 Å². The minimum absolute atomic E-state index is 0.124. The zero-order chi connectivity index (χ0) is 15.4. The molecule has 7 heteroatoms. The largest absolute Gasteiger partial charge is 0.487 e. The summed E-state index contributed by atoms with van der Waals surface area (Å²) in [5.41, 5.74) is -0.324. The van der Waals surface area contributed by atoms with E-state index < -0.39 is 16.9 Å². The number of alkyl halides is 2. The lowest BCUT2D eigenvalue weighted by molar-refractivity contribution is -0.385. The van der Waals surface area contributed by atoms with E-state index in [0.29, 0.717) is 11.4 Å². The number of aromatic nitrogens is 1. The molecule has 1 heterocycles. The van der Waals surface area contributed by atoms with E-state index in [2.05, 4.69) is 4.98 Å². The number of nitrogens with zero attached hydrogens (tertiary/aromatic N) is 2. The molecular weight excluding hydrogens is 282 g/mol. The summed E-state index contributed by atoms with van der Waals surface area (Å²) < 4.78 is 31.4. The molecule has 0 amide bonds. The average molecular weight is 294 g/mol. The summed E-state index contributed by atoms with van der Waals surface area (Å²) in [7, 11) is 0. The molecule has 110 valence electrons. The Hall–Kier alpha value is -2.57. The number of nitro groups is 1. The van der Waals surface area contributed by atoms with Crippen molar-refractivity contribution in [2.45, 2.75) is 20.0 Å². The van der Waals surface area contributed by atoms with E-state index in [1.807, 2.05) is 0 Å². The molecule has 2 rings (SSSR count). The Kier molecular flexibility index (Phi) is 4.42. The predicted octanol–water partition coefficient (Wildman–Crippen LogP) is 3.81. The minimum atomic E-state index is -2.81. The van der Waals surface area contributed by atoms with Crippen LogP contribution in [0, 0.1) is 17.0 Å². The first kappa shape index (κ1) is 14.8. The lowest BCUT2D eigenvalue weighted by Gasteiger charge is -2.12. The van der Waals surface area contributed by atoms with Gasteiger partial charge in [-0.05, 0) is 19.1 Å². The Morgan fingerprint density at radius 2 is 2.10 bits per heavy atom. The second-order valence-electron chi connectivity index (χ2n) is 4.28. The molecule has 0 radical (unpaired) electrons. The fourth-order valence-corrected chi connectivity index (χ4v) is 1.90. The number of hydrogen-bond donors (Lipinski definition) is 0. The van der Waals surface area contributed by atoms with Crippen molar-refractivity contribution in [3.8, 4) is 5.75 Å². The molecule has 0 fully saturated rings. The second-order valence-corrected chi connectivity index (χ2v) is 4.28. The standard InChI is InChI=1S/C14H12F2N2O3/c1-9-13(6-3-7-17-9)21-8-11-10(14(15)16)4-2-5-12(11)18(19)20/h2-7,14H,8H2,1H3. The molecule has 0 atom stereocenters. The van der Waals surface area contributed by atoms with Crippen LogP contribution in [-0.4, -0.2) is 9.91 Å². The van der Waals surface area contributed by atoms with Crippen LogP contribution in [0.2, 0.25) is 0 Å².